The number of thiazole rings is 2. The molecule has 136 valence electrons. The molecule has 27 heavy (non-hydrogen) atoms. The fourth-order valence-electron chi connectivity index (χ4n) is 2.63. The van der Waals surface area contributed by atoms with E-state index in [-0.39, 0.29) is 11.8 Å². The van der Waals surface area contributed by atoms with Gasteiger partial charge in [-0.1, -0.05) is 24.3 Å². The van der Waals surface area contributed by atoms with Gasteiger partial charge in [-0.2, -0.15) is 0 Å². The number of hydrogen-bond donors (Lipinski definition) is 0. The number of aromatic nitrogens is 2. The number of nitrogens with zero attached hydrogens (tertiary/aromatic N) is 2. The molecular weight excluding hydrogens is 413 g/mol. The number of para-hydroxylation sites is 2. The van der Waals surface area contributed by atoms with Crippen LogP contribution in [-0.2, 0) is 4.74 Å². The summed E-state index contributed by atoms with van der Waals surface area (Å²) in [6, 6.07) is 16.1. The second-order valence-corrected chi connectivity index (χ2v) is 9.15. The third-order valence-corrected chi connectivity index (χ3v) is 7.58. The summed E-state index contributed by atoms with van der Waals surface area (Å²) in [4.78, 5) is 9.34. The van der Waals surface area contributed by atoms with Crippen LogP contribution in [0, 0.1) is 0 Å². The predicted molar refractivity (Wildman–Crippen MR) is 122 cm³/mol. The normalized spacial score (nSPS) is 13.6. The van der Waals surface area contributed by atoms with Crippen LogP contribution in [0.15, 0.2) is 48.5 Å². The van der Waals surface area contributed by atoms with Gasteiger partial charge < -0.3 is 4.74 Å². The van der Waals surface area contributed by atoms with E-state index < -0.39 is 0 Å². The van der Waals surface area contributed by atoms with Crippen molar-refractivity contribution >= 4 is 77.6 Å². The second-order valence-electron chi connectivity index (χ2n) is 6.22. The molecule has 4 rings (SSSR count). The molecule has 2 heterocycles. The lowest BCUT2D eigenvalue weighted by Crippen LogP contribution is -2.18. The number of benzene rings is 2. The van der Waals surface area contributed by atoms with Crippen molar-refractivity contribution < 1.29 is 4.74 Å². The maximum Gasteiger partial charge on any atom is 0.177 e. The van der Waals surface area contributed by atoms with E-state index in [0.29, 0.717) is 10.1 Å². The van der Waals surface area contributed by atoms with E-state index in [1.807, 2.05) is 50.2 Å². The van der Waals surface area contributed by atoms with Crippen LogP contribution < -0.4 is 0 Å². The summed E-state index contributed by atoms with van der Waals surface area (Å²) in [6.07, 6.45) is 0. The molecule has 2 aromatic heterocycles. The first-order chi connectivity index (χ1) is 13.0. The Morgan fingerprint density at radius 3 is 1.59 bits per heavy atom. The van der Waals surface area contributed by atoms with Gasteiger partial charge in [-0.05, 0) is 62.5 Å². The zero-order valence-electron chi connectivity index (χ0n) is 14.7. The van der Waals surface area contributed by atoms with Crippen molar-refractivity contribution in [3.05, 3.63) is 58.5 Å². The predicted octanol–water partition coefficient (Wildman–Crippen LogP) is 6.48. The van der Waals surface area contributed by atoms with Crippen LogP contribution in [0.3, 0.4) is 0 Å². The van der Waals surface area contributed by atoms with E-state index in [9.17, 15) is 0 Å². The Balaban J connectivity index is 1.48. The highest BCUT2D eigenvalue weighted by atomic mass is 32.1. The van der Waals surface area contributed by atoms with Gasteiger partial charge in [-0.15, -0.1) is 22.7 Å². The molecular formula is C20H16N2OS4. The highest BCUT2D eigenvalue weighted by Gasteiger charge is 2.23. The molecule has 2 unspecified atom stereocenters. The molecule has 0 bridgehead atoms. The van der Waals surface area contributed by atoms with Crippen LogP contribution in [0.25, 0.3) is 20.4 Å². The molecule has 0 spiro atoms. The Labute approximate surface area is 176 Å². The van der Waals surface area contributed by atoms with Crippen molar-refractivity contribution in [1.29, 1.82) is 0 Å². The summed E-state index contributed by atoms with van der Waals surface area (Å²) in [6.45, 7) is 4.01. The van der Waals surface area contributed by atoms with E-state index in [4.69, 9.17) is 29.2 Å². The number of fused-ring (bicyclic) bond motifs is 2. The molecule has 0 radical (unpaired) electrons. The van der Waals surface area contributed by atoms with Gasteiger partial charge >= 0.3 is 0 Å². The molecule has 0 saturated heterocycles. The SMILES string of the molecule is CC(C(=S)OC(=S)C(C)c1nc2ccccc2s1)c1nc2ccccc2s1. The summed E-state index contributed by atoms with van der Waals surface area (Å²) < 4.78 is 8.16. The molecule has 0 N–H and O–H groups in total. The molecule has 2 aromatic carbocycles. The van der Waals surface area contributed by atoms with Crippen LogP contribution in [0.2, 0.25) is 0 Å². The molecule has 4 aromatic rings. The number of hydrogen-bond acceptors (Lipinski definition) is 7. The Kier molecular flexibility index (Phi) is 5.27. The molecule has 3 nitrogen and oxygen atoms in total. The molecule has 0 amide bonds. The van der Waals surface area contributed by atoms with Gasteiger partial charge in [0.15, 0.2) is 10.1 Å². The minimum absolute atomic E-state index is 0.0992. The third kappa shape index (κ3) is 3.78. The van der Waals surface area contributed by atoms with Crippen molar-refractivity contribution in [1.82, 2.24) is 9.97 Å². The van der Waals surface area contributed by atoms with Crippen molar-refractivity contribution in [2.24, 2.45) is 0 Å². The second kappa shape index (κ2) is 7.67. The van der Waals surface area contributed by atoms with Gasteiger partial charge in [0.05, 0.1) is 32.3 Å². The lowest BCUT2D eigenvalue weighted by atomic mass is 10.2. The number of thiocarbonyl (C=S) groups is 2. The summed E-state index contributed by atoms with van der Waals surface area (Å²) in [5, 5.41) is 2.78. The van der Waals surface area contributed by atoms with Crippen molar-refractivity contribution in [2.45, 2.75) is 25.7 Å². The zero-order chi connectivity index (χ0) is 19.0. The summed E-state index contributed by atoms with van der Waals surface area (Å²) in [5.41, 5.74) is 1.97. The minimum atomic E-state index is -0.0992. The first-order valence-corrected chi connectivity index (χ1v) is 10.9. The Hall–Kier alpha value is -1.80. The van der Waals surface area contributed by atoms with Crippen molar-refractivity contribution in [3.63, 3.8) is 0 Å². The minimum Gasteiger partial charge on any atom is -0.442 e. The van der Waals surface area contributed by atoms with Gasteiger partial charge in [-0.3, -0.25) is 0 Å². The monoisotopic (exact) mass is 428 g/mol. The number of ether oxygens (including phenoxy) is 1. The largest absolute Gasteiger partial charge is 0.442 e. The van der Waals surface area contributed by atoms with Crippen LogP contribution in [0.4, 0.5) is 0 Å². The summed E-state index contributed by atoms with van der Waals surface area (Å²) in [5.74, 6) is -0.198. The van der Waals surface area contributed by atoms with Crippen LogP contribution >= 0.6 is 47.1 Å². The summed E-state index contributed by atoms with van der Waals surface area (Å²) in [7, 11) is 0. The Bertz CT molecular complexity index is 991. The van der Waals surface area contributed by atoms with Crippen LogP contribution in [0.1, 0.15) is 35.7 Å². The van der Waals surface area contributed by atoms with Gasteiger partial charge in [0.2, 0.25) is 0 Å². The smallest absolute Gasteiger partial charge is 0.177 e. The standard InChI is InChI=1S/C20H16N2OS4/c1-11(17-21-13-7-3-5-9-15(13)26-17)19(24)23-20(25)12(2)18-22-14-8-4-6-10-16(14)27-18/h3-12H,1-2H3. The quantitative estimate of drug-likeness (QED) is 0.347. The first kappa shape index (κ1) is 18.6. The Morgan fingerprint density at radius 2 is 1.19 bits per heavy atom. The van der Waals surface area contributed by atoms with E-state index >= 15 is 0 Å². The molecule has 0 aliphatic carbocycles. The topological polar surface area (TPSA) is 35.0 Å². The highest BCUT2D eigenvalue weighted by molar-refractivity contribution is 7.81. The highest BCUT2D eigenvalue weighted by Crippen LogP contribution is 2.31. The molecule has 2 atom stereocenters. The number of rotatable bonds is 4. The molecule has 0 fully saturated rings. The van der Waals surface area contributed by atoms with E-state index in [1.54, 1.807) is 22.7 Å². The average Bonchev–Trinajstić information content (AvgIpc) is 3.30. The van der Waals surface area contributed by atoms with Gasteiger partial charge in [0, 0.05) is 0 Å². The lowest BCUT2D eigenvalue weighted by Gasteiger charge is -2.15. The van der Waals surface area contributed by atoms with Gasteiger partial charge in [0.1, 0.15) is 10.0 Å². The maximum atomic E-state index is 5.87. The first-order valence-electron chi connectivity index (χ1n) is 8.49. The van der Waals surface area contributed by atoms with Gasteiger partial charge in [0.25, 0.3) is 0 Å². The molecule has 0 saturated carbocycles. The van der Waals surface area contributed by atoms with E-state index in [0.717, 1.165) is 30.4 Å². The zero-order valence-corrected chi connectivity index (χ0v) is 18.0. The van der Waals surface area contributed by atoms with Crippen molar-refractivity contribution in [3.8, 4) is 0 Å². The fourth-order valence-corrected chi connectivity index (χ4v) is 5.27. The lowest BCUT2D eigenvalue weighted by molar-refractivity contribution is 0.521. The molecule has 0 aliphatic heterocycles. The Morgan fingerprint density at radius 1 is 0.778 bits per heavy atom. The van der Waals surface area contributed by atoms with Crippen molar-refractivity contribution in [2.75, 3.05) is 0 Å². The average molecular weight is 429 g/mol. The molecule has 7 heteroatoms. The maximum absolute atomic E-state index is 5.87. The van der Waals surface area contributed by atoms with E-state index in [1.165, 1.54) is 0 Å². The van der Waals surface area contributed by atoms with E-state index in [2.05, 4.69) is 22.1 Å². The molecule has 0 aliphatic rings. The third-order valence-electron chi connectivity index (χ3n) is 4.27. The van der Waals surface area contributed by atoms with Gasteiger partial charge in [-0.25, -0.2) is 9.97 Å². The van der Waals surface area contributed by atoms with Crippen LogP contribution in [-0.4, -0.2) is 20.1 Å². The summed E-state index contributed by atoms with van der Waals surface area (Å²) >= 11 is 14.3. The fraction of sp³-hybridized carbons (Fsp3) is 0.200. The van der Waals surface area contributed by atoms with Crippen LogP contribution in [0.5, 0.6) is 0 Å².